The molecule has 1 heterocycles. The molecule has 20 heavy (non-hydrogen) atoms. The van der Waals surface area contributed by atoms with E-state index in [0.717, 1.165) is 6.54 Å². The minimum absolute atomic E-state index is 0.268. The number of benzene rings is 1. The molecule has 1 atom stereocenters. The molecule has 108 valence electrons. The van der Waals surface area contributed by atoms with Gasteiger partial charge in [0.25, 0.3) is 0 Å². The predicted molar refractivity (Wildman–Crippen MR) is 91.2 cm³/mol. The summed E-state index contributed by atoms with van der Waals surface area (Å²) in [6.07, 6.45) is 0. The summed E-state index contributed by atoms with van der Waals surface area (Å²) in [6.45, 7) is 5.84. The molecule has 0 fully saturated rings. The summed E-state index contributed by atoms with van der Waals surface area (Å²) in [5, 5.41) is 0. The highest BCUT2D eigenvalue weighted by Gasteiger charge is 2.19. The first-order valence-electron chi connectivity index (χ1n) is 6.73. The van der Waals surface area contributed by atoms with Crippen molar-refractivity contribution in [2.45, 2.75) is 26.4 Å². The molecule has 1 aromatic carbocycles. The highest BCUT2D eigenvalue weighted by atomic mass is 79.9. The van der Waals surface area contributed by atoms with E-state index < -0.39 is 0 Å². The second-order valence-corrected chi connectivity index (χ2v) is 7.29. The topological polar surface area (TPSA) is 29.3 Å². The van der Waals surface area contributed by atoms with Gasteiger partial charge in [-0.05, 0) is 54.0 Å². The second-order valence-electron chi connectivity index (χ2n) is 5.15. The highest BCUT2D eigenvalue weighted by molar-refractivity contribution is 9.10. The lowest BCUT2D eigenvalue weighted by Crippen LogP contribution is -2.29. The van der Waals surface area contributed by atoms with Crippen molar-refractivity contribution in [1.82, 2.24) is 4.90 Å². The number of halogens is 1. The Balaban J connectivity index is 2.17. The van der Waals surface area contributed by atoms with Crippen LogP contribution in [0.4, 0.5) is 0 Å². The van der Waals surface area contributed by atoms with E-state index in [0.29, 0.717) is 6.54 Å². The van der Waals surface area contributed by atoms with Crippen LogP contribution in [-0.4, -0.2) is 18.5 Å². The van der Waals surface area contributed by atoms with Crippen LogP contribution in [0.1, 0.15) is 26.9 Å². The Morgan fingerprint density at radius 2 is 2.00 bits per heavy atom. The van der Waals surface area contributed by atoms with E-state index in [9.17, 15) is 0 Å². The summed E-state index contributed by atoms with van der Waals surface area (Å²) in [7, 11) is 2.15. The van der Waals surface area contributed by atoms with Crippen LogP contribution in [0.3, 0.4) is 0 Å². The molecule has 0 bridgehead atoms. The number of rotatable bonds is 5. The molecule has 4 heteroatoms. The van der Waals surface area contributed by atoms with E-state index in [1.807, 2.05) is 11.3 Å². The molecule has 0 aliphatic rings. The molecule has 1 aromatic heterocycles. The summed E-state index contributed by atoms with van der Waals surface area (Å²) in [5.74, 6) is 0. The first-order chi connectivity index (χ1) is 9.52. The van der Waals surface area contributed by atoms with Gasteiger partial charge in [0.2, 0.25) is 0 Å². The van der Waals surface area contributed by atoms with Gasteiger partial charge in [-0.25, -0.2) is 0 Å². The molecular formula is C16H21BrN2S. The maximum Gasteiger partial charge on any atom is 0.0565 e. The first-order valence-corrected chi connectivity index (χ1v) is 8.34. The van der Waals surface area contributed by atoms with E-state index in [4.69, 9.17) is 5.73 Å². The van der Waals surface area contributed by atoms with Crippen LogP contribution in [0.5, 0.6) is 0 Å². The van der Waals surface area contributed by atoms with E-state index in [-0.39, 0.29) is 6.04 Å². The van der Waals surface area contributed by atoms with Gasteiger partial charge in [0.1, 0.15) is 0 Å². The lowest BCUT2D eigenvalue weighted by Gasteiger charge is -2.26. The molecule has 2 N–H and O–H groups in total. The normalized spacial score (nSPS) is 12.9. The van der Waals surface area contributed by atoms with Crippen LogP contribution in [0.15, 0.2) is 34.8 Å². The van der Waals surface area contributed by atoms with Crippen LogP contribution in [0.2, 0.25) is 0 Å². The number of hydrogen-bond acceptors (Lipinski definition) is 3. The summed E-state index contributed by atoms with van der Waals surface area (Å²) >= 11 is 5.41. The van der Waals surface area contributed by atoms with Crippen LogP contribution in [0, 0.1) is 13.8 Å². The summed E-state index contributed by atoms with van der Waals surface area (Å²) in [6, 6.07) is 11.0. The molecule has 1 unspecified atom stereocenters. The maximum atomic E-state index is 6.01. The van der Waals surface area contributed by atoms with E-state index in [1.165, 1.54) is 25.4 Å². The Morgan fingerprint density at radius 3 is 2.55 bits per heavy atom. The Labute approximate surface area is 133 Å². The van der Waals surface area contributed by atoms with E-state index in [2.05, 4.69) is 72.1 Å². The monoisotopic (exact) mass is 352 g/mol. The van der Waals surface area contributed by atoms with Crippen LogP contribution in [-0.2, 0) is 6.54 Å². The molecule has 2 nitrogen and oxygen atoms in total. The third kappa shape index (κ3) is 3.50. The van der Waals surface area contributed by atoms with E-state index >= 15 is 0 Å². The standard InChI is InChI=1S/C16H21BrN2S/c1-11-6-4-5-7-13(11)10-19(3)15(9-18)16-8-14(17)12(2)20-16/h4-8,15H,9-10,18H2,1-3H3. The van der Waals surface area contributed by atoms with Gasteiger partial charge in [-0.15, -0.1) is 11.3 Å². The Kier molecular flexibility index (Phi) is 5.38. The van der Waals surface area contributed by atoms with Crippen LogP contribution >= 0.6 is 27.3 Å². The zero-order valence-electron chi connectivity index (χ0n) is 12.2. The fourth-order valence-corrected chi connectivity index (χ4v) is 4.07. The fourth-order valence-electron chi connectivity index (χ4n) is 2.33. The molecule has 0 aliphatic carbocycles. The van der Waals surface area contributed by atoms with Crippen LogP contribution < -0.4 is 5.73 Å². The molecule has 0 amide bonds. The average Bonchev–Trinajstić information content (AvgIpc) is 2.73. The molecule has 2 aromatic rings. The third-order valence-electron chi connectivity index (χ3n) is 3.64. The fraction of sp³-hybridized carbons (Fsp3) is 0.375. The summed E-state index contributed by atoms with van der Waals surface area (Å²) in [5.41, 5.74) is 8.70. The number of nitrogens with zero attached hydrogens (tertiary/aromatic N) is 1. The number of nitrogens with two attached hydrogens (primary N) is 1. The average molecular weight is 353 g/mol. The third-order valence-corrected chi connectivity index (χ3v) is 5.88. The molecule has 0 saturated heterocycles. The lowest BCUT2D eigenvalue weighted by molar-refractivity contribution is 0.244. The number of hydrogen-bond donors (Lipinski definition) is 1. The first kappa shape index (κ1) is 15.7. The van der Waals surface area contributed by atoms with Crippen molar-refractivity contribution >= 4 is 27.3 Å². The minimum Gasteiger partial charge on any atom is -0.329 e. The van der Waals surface area contributed by atoms with Gasteiger partial charge in [-0.2, -0.15) is 0 Å². The predicted octanol–water partition coefficient (Wildman–Crippen LogP) is 4.26. The summed E-state index contributed by atoms with van der Waals surface area (Å²) in [4.78, 5) is 4.97. The minimum atomic E-state index is 0.268. The van der Waals surface area contributed by atoms with Crippen molar-refractivity contribution in [3.63, 3.8) is 0 Å². The van der Waals surface area contributed by atoms with Gasteiger partial charge in [-0.1, -0.05) is 24.3 Å². The number of aryl methyl sites for hydroxylation is 2. The summed E-state index contributed by atoms with van der Waals surface area (Å²) < 4.78 is 1.18. The maximum absolute atomic E-state index is 6.01. The number of likely N-dealkylation sites (N-methyl/N-ethyl adjacent to an activating group) is 1. The lowest BCUT2D eigenvalue weighted by atomic mass is 10.1. The van der Waals surface area contributed by atoms with Crippen molar-refractivity contribution in [3.8, 4) is 0 Å². The van der Waals surface area contributed by atoms with Crippen LogP contribution in [0.25, 0.3) is 0 Å². The molecule has 0 spiro atoms. The molecular weight excluding hydrogens is 332 g/mol. The highest BCUT2D eigenvalue weighted by Crippen LogP contribution is 2.33. The van der Waals surface area contributed by atoms with Gasteiger partial charge in [0.15, 0.2) is 0 Å². The van der Waals surface area contributed by atoms with Gasteiger partial charge in [0.05, 0.1) is 6.04 Å². The van der Waals surface area contributed by atoms with E-state index in [1.54, 1.807) is 0 Å². The molecule has 0 radical (unpaired) electrons. The van der Waals surface area contributed by atoms with Gasteiger partial charge < -0.3 is 5.73 Å². The van der Waals surface area contributed by atoms with Crippen molar-refractivity contribution in [3.05, 3.63) is 55.7 Å². The van der Waals surface area contributed by atoms with Crippen molar-refractivity contribution in [2.75, 3.05) is 13.6 Å². The Morgan fingerprint density at radius 1 is 1.30 bits per heavy atom. The molecule has 0 aliphatic heterocycles. The zero-order chi connectivity index (χ0) is 14.7. The quantitative estimate of drug-likeness (QED) is 0.870. The Hall–Kier alpha value is -0.680. The van der Waals surface area contributed by atoms with Gasteiger partial charge in [0, 0.05) is 27.3 Å². The largest absolute Gasteiger partial charge is 0.329 e. The molecule has 2 rings (SSSR count). The van der Waals surface area contributed by atoms with Gasteiger partial charge in [-0.3, -0.25) is 4.90 Å². The SMILES string of the molecule is Cc1ccccc1CN(C)C(CN)c1cc(Br)c(C)s1. The second kappa shape index (κ2) is 6.85. The van der Waals surface area contributed by atoms with Crippen molar-refractivity contribution in [2.24, 2.45) is 5.73 Å². The smallest absolute Gasteiger partial charge is 0.0565 e. The number of thiophene rings is 1. The van der Waals surface area contributed by atoms with Crippen molar-refractivity contribution in [1.29, 1.82) is 0 Å². The Bertz CT molecular complexity index is 560. The van der Waals surface area contributed by atoms with Gasteiger partial charge >= 0.3 is 0 Å². The molecule has 0 saturated carbocycles. The van der Waals surface area contributed by atoms with Crippen molar-refractivity contribution < 1.29 is 0 Å². The zero-order valence-corrected chi connectivity index (χ0v) is 14.6.